The summed E-state index contributed by atoms with van der Waals surface area (Å²) >= 11 is 0. The van der Waals surface area contributed by atoms with Crippen molar-refractivity contribution < 1.29 is 13.2 Å². The number of sulfonamides is 1. The van der Waals surface area contributed by atoms with Gasteiger partial charge in [0.05, 0.1) is 4.90 Å². The van der Waals surface area contributed by atoms with E-state index in [1.54, 1.807) is 28.6 Å². The highest BCUT2D eigenvalue weighted by atomic mass is 32.2. The molecule has 2 aromatic rings. The van der Waals surface area contributed by atoms with E-state index < -0.39 is 10.0 Å². The van der Waals surface area contributed by atoms with Crippen molar-refractivity contribution in [3.8, 4) is 0 Å². The number of nitrogens with one attached hydrogen (secondary N) is 2. The summed E-state index contributed by atoms with van der Waals surface area (Å²) in [6, 6.07) is 16.4. The lowest BCUT2D eigenvalue weighted by Crippen LogP contribution is -2.38. The van der Waals surface area contributed by atoms with Gasteiger partial charge in [0.15, 0.2) is 0 Å². The summed E-state index contributed by atoms with van der Waals surface area (Å²) in [5, 5.41) is 5.37. The summed E-state index contributed by atoms with van der Waals surface area (Å²) in [5.41, 5.74) is 1.52. The van der Waals surface area contributed by atoms with Crippen LogP contribution in [-0.4, -0.2) is 56.9 Å². The Labute approximate surface area is 198 Å². The molecule has 7 nitrogen and oxygen atoms in total. The molecule has 0 aromatic heterocycles. The van der Waals surface area contributed by atoms with E-state index in [4.69, 9.17) is 0 Å². The summed E-state index contributed by atoms with van der Waals surface area (Å²) < 4.78 is 28.9. The van der Waals surface area contributed by atoms with Crippen molar-refractivity contribution in [3.63, 3.8) is 0 Å². The number of anilines is 1. The van der Waals surface area contributed by atoms with Crippen molar-refractivity contribution in [2.45, 2.75) is 50.1 Å². The first-order chi connectivity index (χ1) is 15.8. The van der Waals surface area contributed by atoms with E-state index in [1.165, 1.54) is 0 Å². The summed E-state index contributed by atoms with van der Waals surface area (Å²) in [4.78, 5) is 14.2. The number of rotatable bonds is 9. The van der Waals surface area contributed by atoms with Crippen molar-refractivity contribution >= 4 is 21.7 Å². The summed E-state index contributed by atoms with van der Waals surface area (Å²) in [6.07, 6.45) is 4.24. The molecule has 2 amide bonds. The fourth-order valence-corrected chi connectivity index (χ4v) is 5.87. The van der Waals surface area contributed by atoms with Crippen molar-refractivity contribution in [3.05, 3.63) is 60.2 Å². The molecule has 33 heavy (non-hydrogen) atoms. The molecule has 1 aliphatic rings. The van der Waals surface area contributed by atoms with E-state index in [0.717, 1.165) is 31.2 Å². The molecule has 0 heterocycles. The highest BCUT2D eigenvalue weighted by molar-refractivity contribution is 7.89. The van der Waals surface area contributed by atoms with Crippen molar-refractivity contribution in [1.82, 2.24) is 14.5 Å². The number of benzene rings is 2. The van der Waals surface area contributed by atoms with Crippen LogP contribution in [-0.2, 0) is 16.6 Å². The van der Waals surface area contributed by atoms with Crippen LogP contribution in [0.1, 0.15) is 38.2 Å². The molecule has 1 fully saturated rings. The van der Waals surface area contributed by atoms with Crippen LogP contribution in [0.3, 0.4) is 0 Å². The molecule has 2 aromatic carbocycles. The summed E-state index contributed by atoms with van der Waals surface area (Å²) in [5.74, 6) is 0.346. The van der Waals surface area contributed by atoms with Crippen LogP contribution in [0, 0.1) is 5.92 Å². The first-order valence-electron chi connectivity index (χ1n) is 11.6. The highest BCUT2D eigenvalue weighted by Crippen LogP contribution is 2.30. The zero-order valence-electron chi connectivity index (χ0n) is 19.8. The zero-order chi connectivity index (χ0) is 23.8. The van der Waals surface area contributed by atoms with Gasteiger partial charge in [-0.05, 0) is 82.4 Å². The molecule has 0 saturated heterocycles. The SMILES string of the molecule is CCNC(=O)Nc1ccc(S(=O)(=O)N(Cc2ccccc2)CC2CCC(N(C)C)CC2)cc1. The maximum atomic E-state index is 13.6. The van der Waals surface area contributed by atoms with E-state index in [1.807, 2.05) is 37.3 Å². The summed E-state index contributed by atoms with van der Waals surface area (Å²) in [6.45, 7) is 3.21. The Balaban J connectivity index is 1.77. The number of nitrogens with zero attached hydrogens (tertiary/aromatic N) is 2. The fraction of sp³-hybridized carbons (Fsp3) is 0.480. The number of carbonyl (C=O) groups is 1. The van der Waals surface area contributed by atoms with Crippen LogP contribution in [0.5, 0.6) is 0 Å². The molecule has 1 saturated carbocycles. The maximum Gasteiger partial charge on any atom is 0.319 e. The Kier molecular flexibility index (Phi) is 8.88. The van der Waals surface area contributed by atoms with E-state index in [0.29, 0.717) is 37.3 Å². The van der Waals surface area contributed by atoms with Crippen molar-refractivity contribution in [2.24, 2.45) is 5.92 Å². The van der Waals surface area contributed by atoms with E-state index in [-0.39, 0.29) is 10.9 Å². The van der Waals surface area contributed by atoms with Crippen LogP contribution in [0.4, 0.5) is 10.5 Å². The maximum absolute atomic E-state index is 13.6. The highest BCUT2D eigenvalue weighted by Gasteiger charge is 2.30. The van der Waals surface area contributed by atoms with Gasteiger partial charge in [-0.3, -0.25) is 0 Å². The second-order valence-electron chi connectivity index (χ2n) is 8.93. The molecular formula is C25H36N4O3S. The lowest BCUT2D eigenvalue weighted by Gasteiger charge is -2.35. The lowest BCUT2D eigenvalue weighted by molar-refractivity contribution is 0.177. The average Bonchev–Trinajstić information content (AvgIpc) is 2.80. The molecule has 0 unspecified atom stereocenters. The van der Waals surface area contributed by atoms with Gasteiger partial charge in [0.25, 0.3) is 0 Å². The van der Waals surface area contributed by atoms with Crippen LogP contribution in [0.25, 0.3) is 0 Å². The molecule has 0 radical (unpaired) electrons. The number of amides is 2. The summed E-state index contributed by atoms with van der Waals surface area (Å²) in [7, 11) is 0.536. The number of hydrogen-bond donors (Lipinski definition) is 2. The third-order valence-corrected chi connectivity index (χ3v) is 8.12. The Morgan fingerprint density at radius 1 is 0.970 bits per heavy atom. The third kappa shape index (κ3) is 7.03. The Bertz CT molecular complexity index is 986. The van der Waals surface area contributed by atoms with Gasteiger partial charge in [0.2, 0.25) is 10.0 Å². The minimum atomic E-state index is -3.69. The molecule has 0 atom stereocenters. The molecule has 0 bridgehead atoms. The molecule has 3 rings (SSSR count). The van der Waals surface area contributed by atoms with Crippen LogP contribution in [0.2, 0.25) is 0 Å². The third-order valence-electron chi connectivity index (χ3n) is 6.30. The quantitative estimate of drug-likeness (QED) is 0.575. The normalized spacial score (nSPS) is 18.9. The van der Waals surface area contributed by atoms with Gasteiger partial charge < -0.3 is 15.5 Å². The Morgan fingerprint density at radius 3 is 2.18 bits per heavy atom. The Morgan fingerprint density at radius 2 is 1.61 bits per heavy atom. The molecule has 2 N–H and O–H groups in total. The number of hydrogen-bond acceptors (Lipinski definition) is 4. The van der Waals surface area contributed by atoms with Crippen LogP contribution >= 0.6 is 0 Å². The van der Waals surface area contributed by atoms with Gasteiger partial charge >= 0.3 is 6.03 Å². The minimum Gasteiger partial charge on any atom is -0.338 e. The Hall–Kier alpha value is -2.42. The molecule has 0 spiro atoms. The predicted octanol–water partition coefficient (Wildman–Crippen LogP) is 4.14. The smallest absolute Gasteiger partial charge is 0.319 e. The minimum absolute atomic E-state index is 0.238. The number of urea groups is 1. The molecular weight excluding hydrogens is 436 g/mol. The first-order valence-corrected chi connectivity index (χ1v) is 13.1. The predicted molar refractivity (Wildman–Crippen MR) is 133 cm³/mol. The van der Waals surface area contributed by atoms with Gasteiger partial charge in [-0.15, -0.1) is 0 Å². The van der Waals surface area contributed by atoms with Gasteiger partial charge in [-0.25, -0.2) is 13.2 Å². The van der Waals surface area contributed by atoms with E-state index in [2.05, 4.69) is 29.6 Å². The van der Waals surface area contributed by atoms with E-state index >= 15 is 0 Å². The second kappa shape index (κ2) is 11.6. The van der Waals surface area contributed by atoms with Crippen molar-refractivity contribution in [2.75, 3.05) is 32.5 Å². The topological polar surface area (TPSA) is 81.8 Å². The van der Waals surface area contributed by atoms with Crippen molar-refractivity contribution in [1.29, 1.82) is 0 Å². The average molecular weight is 473 g/mol. The van der Waals surface area contributed by atoms with Gasteiger partial charge in [0.1, 0.15) is 0 Å². The first kappa shape index (κ1) is 25.2. The molecule has 8 heteroatoms. The lowest BCUT2D eigenvalue weighted by atomic mass is 9.85. The molecule has 1 aliphatic carbocycles. The fourth-order valence-electron chi connectivity index (χ4n) is 4.36. The largest absolute Gasteiger partial charge is 0.338 e. The van der Waals surface area contributed by atoms with Gasteiger partial charge in [0, 0.05) is 31.4 Å². The second-order valence-corrected chi connectivity index (χ2v) is 10.9. The molecule has 180 valence electrons. The standard InChI is InChI=1S/C25H36N4O3S/c1-4-26-25(30)27-22-12-16-24(17-13-22)33(31,32)29(18-20-8-6-5-7-9-20)19-21-10-14-23(15-11-21)28(2)3/h5-9,12-13,16-17,21,23H,4,10-11,14-15,18-19H2,1-3H3,(H2,26,27,30). The van der Waals surface area contributed by atoms with Crippen LogP contribution in [0.15, 0.2) is 59.5 Å². The molecule has 0 aliphatic heterocycles. The number of carbonyl (C=O) groups excluding carboxylic acids is 1. The van der Waals surface area contributed by atoms with Gasteiger partial charge in [-0.1, -0.05) is 30.3 Å². The van der Waals surface area contributed by atoms with E-state index in [9.17, 15) is 13.2 Å². The van der Waals surface area contributed by atoms with Crippen LogP contribution < -0.4 is 10.6 Å². The van der Waals surface area contributed by atoms with Gasteiger partial charge in [-0.2, -0.15) is 4.31 Å². The zero-order valence-corrected chi connectivity index (χ0v) is 20.6. The monoisotopic (exact) mass is 472 g/mol.